The van der Waals surface area contributed by atoms with Gasteiger partial charge in [-0.2, -0.15) is 0 Å². The Labute approximate surface area is 226 Å². The summed E-state index contributed by atoms with van der Waals surface area (Å²) in [7, 11) is 0. The number of carbonyl (C=O) groups is 2. The third-order valence-corrected chi connectivity index (χ3v) is 7.06. The molecular formula is C34H36O4. The Kier molecular flexibility index (Phi) is 8.96. The van der Waals surface area contributed by atoms with Gasteiger partial charge < -0.3 is 9.47 Å². The molecule has 4 heteroatoms. The fraction of sp³-hybridized carbons (Fsp3) is 0.294. The van der Waals surface area contributed by atoms with Crippen LogP contribution in [0.15, 0.2) is 85.0 Å². The first-order valence-corrected chi connectivity index (χ1v) is 13.4. The van der Waals surface area contributed by atoms with E-state index < -0.39 is 11.9 Å². The molecule has 0 saturated heterocycles. The van der Waals surface area contributed by atoms with Crippen molar-refractivity contribution in [1.82, 2.24) is 0 Å². The van der Waals surface area contributed by atoms with Gasteiger partial charge in [0, 0.05) is 11.1 Å². The molecule has 0 N–H and O–H groups in total. The highest BCUT2D eigenvalue weighted by molar-refractivity contribution is 5.89. The lowest BCUT2D eigenvalue weighted by Gasteiger charge is -2.23. The van der Waals surface area contributed by atoms with Crippen molar-refractivity contribution in [3.8, 4) is 11.5 Å². The number of rotatable bonds is 10. The number of esters is 2. The van der Waals surface area contributed by atoms with Crippen molar-refractivity contribution in [3.63, 3.8) is 0 Å². The zero-order valence-electron chi connectivity index (χ0n) is 22.5. The smallest absolute Gasteiger partial charge is 0.338 e. The van der Waals surface area contributed by atoms with E-state index in [-0.39, 0.29) is 0 Å². The second kappa shape index (κ2) is 12.6. The molecule has 0 atom stereocenters. The van der Waals surface area contributed by atoms with Gasteiger partial charge in [0.15, 0.2) is 0 Å². The average Bonchev–Trinajstić information content (AvgIpc) is 2.92. The first kappa shape index (κ1) is 27.1. The van der Waals surface area contributed by atoms with E-state index in [1.165, 1.54) is 35.1 Å². The van der Waals surface area contributed by atoms with Crippen LogP contribution < -0.4 is 9.47 Å². The van der Waals surface area contributed by atoms with Crippen molar-refractivity contribution in [2.24, 2.45) is 0 Å². The van der Waals surface area contributed by atoms with E-state index in [2.05, 4.69) is 25.3 Å². The lowest BCUT2D eigenvalue weighted by atomic mass is 9.82. The number of carbonyl (C=O) groups excluding carboxylic acids is 2. The molecule has 1 aliphatic rings. The standard InChI is InChI=1S/C34H36O4/c1-23(2)33(35)37-29-19-11-25(12-20-29)9-15-27-17-18-28(32-8-6-5-7-31(27)32)16-10-26-13-21-30(22-14-26)38-34(36)24(3)4/h11-14,17-22H,1,3,5-10,15-16H2,2,4H3. The molecule has 0 spiro atoms. The molecule has 3 aromatic carbocycles. The fourth-order valence-electron chi connectivity index (χ4n) is 4.88. The van der Waals surface area contributed by atoms with Gasteiger partial charge in [-0.1, -0.05) is 49.6 Å². The summed E-state index contributed by atoms with van der Waals surface area (Å²) in [5.74, 6) is 0.299. The Balaban J connectivity index is 1.38. The number of aryl methyl sites for hydroxylation is 4. The highest BCUT2D eigenvalue weighted by Crippen LogP contribution is 2.30. The van der Waals surface area contributed by atoms with Gasteiger partial charge >= 0.3 is 11.9 Å². The first-order valence-electron chi connectivity index (χ1n) is 13.4. The van der Waals surface area contributed by atoms with E-state index in [1.807, 2.05) is 48.5 Å². The zero-order valence-corrected chi connectivity index (χ0v) is 22.5. The Morgan fingerprint density at radius 1 is 0.605 bits per heavy atom. The minimum atomic E-state index is -0.398. The maximum Gasteiger partial charge on any atom is 0.338 e. The number of fused-ring (bicyclic) bond motifs is 1. The SMILES string of the molecule is C=C(C)C(=O)Oc1ccc(CCc2ccc(CCc3ccc(OC(=O)C(=C)C)cc3)c3c2CCCC3)cc1. The Morgan fingerprint density at radius 2 is 0.974 bits per heavy atom. The second-order valence-electron chi connectivity index (χ2n) is 10.2. The molecule has 3 aromatic rings. The molecule has 196 valence electrons. The summed E-state index contributed by atoms with van der Waals surface area (Å²) in [4.78, 5) is 23.5. The predicted octanol–water partition coefficient (Wildman–Crippen LogP) is 7.10. The van der Waals surface area contributed by atoms with Crippen LogP contribution in [0.1, 0.15) is 60.1 Å². The highest BCUT2D eigenvalue weighted by Gasteiger charge is 2.17. The van der Waals surface area contributed by atoms with Crippen molar-refractivity contribution in [2.75, 3.05) is 0 Å². The molecule has 0 aliphatic heterocycles. The summed E-state index contributed by atoms with van der Waals surface area (Å²) in [5, 5.41) is 0. The van der Waals surface area contributed by atoms with Crippen molar-refractivity contribution in [3.05, 3.63) is 118 Å². The quantitative estimate of drug-likeness (QED) is 0.167. The van der Waals surface area contributed by atoms with Gasteiger partial charge in [-0.25, -0.2) is 9.59 Å². The van der Waals surface area contributed by atoms with Crippen molar-refractivity contribution in [1.29, 1.82) is 0 Å². The molecule has 38 heavy (non-hydrogen) atoms. The van der Waals surface area contributed by atoms with Gasteiger partial charge in [0.25, 0.3) is 0 Å². The van der Waals surface area contributed by atoms with E-state index in [1.54, 1.807) is 25.0 Å². The van der Waals surface area contributed by atoms with Gasteiger partial charge in [0.05, 0.1) is 0 Å². The number of hydrogen-bond acceptors (Lipinski definition) is 4. The van der Waals surface area contributed by atoms with Gasteiger partial charge in [0.2, 0.25) is 0 Å². The molecule has 4 rings (SSSR count). The molecule has 0 heterocycles. The van der Waals surface area contributed by atoms with Crippen LogP contribution >= 0.6 is 0 Å². The lowest BCUT2D eigenvalue weighted by Crippen LogP contribution is -2.11. The normalized spacial score (nSPS) is 12.4. The summed E-state index contributed by atoms with van der Waals surface area (Å²) in [6.07, 6.45) is 8.68. The molecule has 0 unspecified atom stereocenters. The zero-order chi connectivity index (χ0) is 27.1. The monoisotopic (exact) mass is 508 g/mol. The Hall–Kier alpha value is -3.92. The molecule has 1 aliphatic carbocycles. The van der Waals surface area contributed by atoms with Crippen LogP contribution in [0.4, 0.5) is 0 Å². The van der Waals surface area contributed by atoms with E-state index >= 15 is 0 Å². The summed E-state index contributed by atoms with van der Waals surface area (Å²) >= 11 is 0. The predicted molar refractivity (Wildman–Crippen MR) is 152 cm³/mol. The van der Waals surface area contributed by atoms with Crippen LogP contribution in [0.3, 0.4) is 0 Å². The minimum absolute atomic E-state index is 0.391. The number of benzene rings is 3. The van der Waals surface area contributed by atoms with Crippen molar-refractivity contribution < 1.29 is 19.1 Å². The maximum absolute atomic E-state index is 11.7. The van der Waals surface area contributed by atoms with Crippen LogP contribution in [0.2, 0.25) is 0 Å². The van der Waals surface area contributed by atoms with Gasteiger partial charge in [-0.3, -0.25) is 0 Å². The number of hydrogen-bond donors (Lipinski definition) is 0. The second-order valence-corrected chi connectivity index (χ2v) is 10.2. The molecule has 0 bridgehead atoms. The first-order chi connectivity index (χ1) is 18.3. The lowest BCUT2D eigenvalue weighted by molar-refractivity contribution is -0.130. The van der Waals surface area contributed by atoms with Gasteiger partial charge in [-0.15, -0.1) is 0 Å². The van der Waals surface area contributed by atoms with Gasteiger partial charge in [0.1, 0.15) is 11.5 Å². The highest BCUT2D eigenvalue weighted by atomic mass is 16.5. The maximum atomic E-state index is 11.7. The summed E-state index contributed by atoms with van der Waals surface area (Å²) in [5.41, 5.74) is 9.22. The van der Waals surface area contributed by atoms with Crippen LogP contribution in [0.25, 0.3) is 0 Å². The molecule has 0 aromatic heterocycles. The van der Waals surface area contributed by atoms with Crippen molar-refractivity contribution >= 4 is 11.9 Å². The van der Waals surface area contributed by atoms with Crippen molar-refractivity contribution in [2.45, 2.75) is 65.2 Å². The third kappa shape index (κ3) is 7.10. The fourth-order valence-corrected chi connectivity index (χ4v) is 4.88. The van der Waals surface area contributed by atoms with Crippen LogP contribution in [-0.4, -0.2) is 11.9 Å². The van der Waals surface area contributed by atoms with Gasteiger partial charge in [-0.05, 0) is 123 Å². The van der Waals surface area contributed by atoms with E-state index in [0.717, 1.165) is 38.5 Å². The summed E-state index contributed by atoms with van der Waals surface area (Å²) < 4.78 is 10.6. The topological polar surface area (TPSA) is 52.6 Å². The van der Waals surface area contributed by atoms with Crippen LogP contribution in [-0.2, 0) is 48.1 Å². The summed E-state index contributed by atoms with van der Waals surface area (Å²) in [6.45, 7) is 10.5. The average molecular weight is 509 g/mol. The molecule has 0 amide bonds. The Bertz CT molecular complexity index is 1230. The van der Waals surface area contributed by atoms with Crippen LogP contribution in [0, 0.1) is 0 Å². The van der Waals surface area contributed by atoms with E-state index in [9.17, 15) is 9.59 Å². The van der Waals surface area contributed by atoms with Crippen LogP contribution in [0.5, 0.6) is 11.5 Å². The van der Waals surface area contributed by atoms with E-state index in [4.69, 9.17) is 9.47 Å². The third-order valence-electron chi connectivity index (χ3n) is 7.06. The Morgan fingerprint density at radius 3 is 1.32 bits per heavy atom. The summed E-state index contributed by atoms with van der Waals surface area (Å²) in [6, 6.07) is 20.2. The molecule has 0 saturated carbocycles. The van der Waals surface area contributed by atoms with E-state index in [0.29, 0.717) is 22.6 Å². The molecule has 4 nitrogen and oxygen atoms in total. The number of ether oxygens (including phenoxy) is 2. The molecular weight excluding hydrogens is 472 g/mol. The minimum Gasteiger partial charge on any atom is -0.423 e. The molecule has 0 radical (unpaired) electrons. The molecule has 0 fully saturated rings. The largest absolute Gasteiger partial charge is 0.423 e.